The summed E-state index contributed by atoms with van der Waals surface area (Å²) in [5, 5.41) is 2.58. The number of ether oxygens (including phenoxy) is 1. The number of halogens is 1. The normalized spacial score (nSPS) is 18.8. The van der Waals surface area contributed by atoms with Gasteiger partial charge in [-0.1, -0.05) is 0 Å². The minimum atomic E-state index is -0.471. The summed E-state index contributed by atoms with van der Waals surface area (Å²) in [6.07, 6.45) is 0. The molecule has 1 heterocycles. The fourth-order valence-electron chi connectivity index (χ4n) is 0.908. The van der Waals surface area contributed by atoms with Gasteiger partial charge in [0.25, 0.3) is 0 Å². The average molecular weight is 204 g/mol. The molecule has 0 saturated carbocycles. The first-order valence-corrected chi connectivity index (χ1v) is 4.37. The molecule has 0 unspecified atom stereocenters. The summed E-state index contributed by atoms with van der Waals surface area (Å²) < 4.78 is 4.75. The lowest BCUT2D eigenvalue weighted by Crippen LogP contribution is -2.42. The molecule has 0 aromatic rings. The van der Waals surface area contributed by atoms with E-state index in [9.17, 15) is 9.59 Å². The molecule has 1 fully saturated rings. The molecule has 0 aromatic heterocycles. The van der Waals surface area contributed by atoms with Gasteiger partial charge in [-0.3, -0.25) is 9.59 Å². The monoisotopic (exact) mass is 203 g/mol. The third-order valence-corrected chi connectivity index (χ3v) is 1.99. The van der Waals surface area contributed by atoms with Crippen LogP contribution in [0.25, 0.3) is 0 Å². The van der Waals surface area contributed by atoms with Crippen molar-refractivity contribution in [2.45, 2.75) is 6.92 Å². The van der Waals surface area contributed by atoms with Crippen LogP contribution in [0.1, 0.15) is 6.92 Å². The van der Waals surface area contributed by atoms with E-state index >= 15 is 0 Å². The molecule has 1 aliphatic heterocycles. The third-order valence-electron chi connectivity index (χ3n) is 1.77. The zero-order chi connectivity index (χ0) is 9.84. The summed E-state index contributed by atoms with van der Waals surface area (Å²) in [6, 6.07) is 0. The van der Waals surface area contributed by atoms with Crippen molar-refractivity contribution in [3.8, 4) is 0 Å². The second-order valence-corrected chi connectivity index (χ2v) is 3.00. The minimum absolute atomic E-state index is 0.0839. The molecular weight excluding hydrogens is 194 g/mol. The largest absolute Gasteiger partial charge is 0.460 e. The lowest BCUT2D eigenvalue weighted by molar-refractivity contribution is -0.139. The summed E-state index contributed by atoms with van der Waals surface area (Å²) in [5.41, 5.74) is 1.48. The molecule has 1 aliphatic rings. The van der Waals surface area contributed by atoms with Crippen LogP contribution in [0, 0.1) is 0 Å². The van der Waals surface area contributed by atoms with Crippen LogP contribution < -0.4 is 5.32 Å². The topological polar surface area (TPSA) is 55.4 Å². The number of β-lactam (4-membered cyclic amide) rings is 1. The van der Waals surface area contributed by atoms with Gasteiger partial charge in [-0.25, -0.2) is 0 Å². The molecule has 0 aliphatic carbocycles. The molecular formula is C8H10ClNO3. The second-order valence-electron chi connectivity index (χ2n) is 2.74. The molecule has 5 heteroatoms. The second kappa shape index (κ2) is 4.28. The number of hydrogen-bond donors (Lipinski definition) is 1. The van der Waals surface area contributed by atoms with Gasteiger partial charge >= 0.3 is 5.97 Å². The maximum absolute atomic E-state index is 10.9. The highest BCUT2D eigenvalue weighted by atomic mass is 35.5. The van der Waals surface area contributed by atoms with E-state index in [4.69, 9.17) is 16.3 Å². The third kappa shape index (κ3) is 2.45. The van der Waals surface area contributed by atoms with E-state index in [0.29, 0.717) is 12.1 Å². The number of carbonyl (C=O) groups excluding carboxylic acids is 2. The average Bonchev–Trinajstić information content (AvgIpc) is 2.11. The smallest absolute Gasteiger partial charge is 0.321 e. The molecule has 1 rings (SSSR count). The molecule has 72 valence electrons. The quantitative estimate of drug-likeness (QED) is 0.309. The molecule has 0 aromatic carbocycles. The standard InChI is InChI=1S/C8H10ClNO3/c1-5(4-13-7(11)2-9)6-3-10-8(6)12/h2-4H2,1H3,(H,10,12). The van der Waals surface area contributed by atoms with Gasteiger partial charge in [0.1, 0.15) is 12.5 Å². The molecule has 0 spiro atoms. The Bertz CT molecular complexity index is 273. The lowest BCUT2D eigenvalue weighted by atomic mass is 10.0. The van der Waals surface area contributed by atoms with Gasteiger partial charge in [-0.05, 0) is 12.5 Å². The maximum Gasteiger partial charge on any atom is 0.321 e. The van der Waals surface area contributed by atoms with E-state index in [0.717, 1.165) is 5.57 Å². The number of amides is 1. The highest BCUT2D eigenvalue weighted by Gasteiger charge is 2.21. The van der Waals surface area contributed by atoms with E-state index in [2.05, 4.69) is 5.32 Å². The molecule has 0 bridgehead atoms. The van der Waals surface area contributed by atoms with Crippen LogP contribution in [0.2, 0.25) is 0 Å². The number of alkyl halides is 1. The van der Waals surface area contributed by atoms with Crippen molar-refractivity contribution in [1.29, 1.82) is 0 Å². The Hall–Kier alpha value is -1.03. The minimum Gasteiger partial charge on any atom is -0.460 e. The number of nitrogens with one attached hydrogen (secondary N) is 1. The fourth-order valence-corrected chi connectivity index (χ4v) is 0.985. The lowest BCUT2D eigenvalue weighted by Gasteiger charge is -2.20. The highest BCUT2D eigenvalue weighted by Crippen LogP contribution is 2.10. The van der Waals surface area contributed by atoms with Gasteiger partial charge in [-0.2, -0.15) is 0 Å². The number of carbonyl (C=O) groups is 2. The van der Waals surface area contributed by atoms with Crippen LogP contribution in [-0.4, -0.2) is 30.9 Å². The predicted octanol–water partition coefficient (Wildman–Crippen LogP) is 0.215. The van der Waals surface area contributed by atoms with Gasteiger partial charge in [0.05, 0.1) is 0 Å². The molecule has 0 atom stereocenters. The van der Waals surface area contributed by atoms with Crippen LogP contribution in [0.3, 0.4) is 0 Å². The van der Waals surface area contributed by atoms with E-state index in [1.807, 2.05) is 0 Å². The Morgan fingerprint density at radius 1 is 1.69 bits per heavy atom. The van der Waals surface area contributed by atoms with Crippen LogP contribution in [0.5, 0.6) is 0 Å². The predicted molar refractivity (Wildman–Crippen MR) is 47.4 cm³/mol. The van der Waals surface area contributed by atoms with E-state index < -0.39 is 5.97 Å². The first-order chi connectivity index (χ1) is 6.15. The molecule has 13 heavy (non-hydrogen) atoms. The Morgan fingerprint density at radius 3 is 2.77 bits per heavy atom. The SMILES string of the molecule is CC(COC(=O)CCl)=C1CNC1=O. The summed E-state index contributed by atoms with van der Waals surface area (Å²) in [5.74, 6) is -0.713. The van der Waals surface area contributed by atoms with Gasteiger partial charge in [0, 0.05) is 12.1 Å². The van der Waals surface area contributed by atoms with E-state index in [-0.39, 0.29) is 18.4 Å². The maximum atomic E-state index is 10.9. The Morgan fingerprint density at radius 2 is 2.38 bits per heavy atom. The summed E-state index contributed by atoms with van der Waals surface area (Å²) in [6.45, 7) is 2.47. The molecule has 0 radical (unpaired) electrons. The highest BCUT2D eigenvalue weighted by molar-refractivity contribution is 6.26. The Labute approximate surface area is 80.9 Å². The van der Waals surface area contributed by atoms with Crippen molar-refractivity contribution in [2.75, 3.05) is 19.0 Å². The van der Waals surface area contributed by atoms with Crippen molar-refractivity contribution in [2.24, 2.45) is 0 Å². The van der Waals surface area contributed by atoms with Gasteiger partial charge in [-0.15, -0.1) is 11.6 Å². The van der Waals surface area contributed by atoms with Crippen molar-refractivity contribution in [3.63, 3.8) is 0 Å². The summed E-state index contributed by atoms with van der Waals surface area (Å²) in [4.78, 5) is 21.5. The first-order valence-electron chi connectivity index (χ1n) is 3.83. The molecule has 4 nitrogen and oxygen atoms in total. The van der Waals surface area contributed by atoms with Crippen molar-refractivity contribution in [1.82, 2.24) is 5.32 Å². The first kappa shape index (κ1) is 10.1. The van der Waals surface area contributed by atoms with Crippen LogP contribution >= 0.6 is 11.6 Å². The van der Waals surface area contributed by atoms with Crippen molar-refractivity contribution >= 4 is 23.5 Å². The molecule has 1 amide bonds. The van der Waals surface area contributed by atoms with Crippen LogP contribution in [0.15, 0.2) is 11.1 Å². The Kier molecular flexibility index (Phi) is 3.31. The number of hydrogen-bond acceptors (Lipinski definition) is 3. The van der Waals surface area contributed by atoms with Crippen molar-refractivity contribution < 1.29 is 14.3 Å². The molecule has 1 N–H and O–H groups in total. The van der Waals surface area contributed by atoms with E-state index in [1.54, 1.807) is 6.92 Å². The summed E-state index contributed by atoms with van der Waals surface area (Å²) in [7, 11) is 0. The number of rotatable bonds is 3. The molecule has 1 saturated heterocycles. The fraction of sp³-hybridized carbons (Fsp3) is 0.500. The van der Waals surface area contributed by atoms with Crippen LogP contribution in [-0.2, 0) is 14.3 Å². The van der Waals surface area contributed by atoms with Crippen LogP contribution in [0.4, 0.5) is 0 Å². The van der Waals surface area contributed by atoms with Gasteiger partial charge in [0.15, 0.2) is 0 Å². The Balaban J connectivity index is 2.41. The zero-order valence-corrected chi connectivity index (χ0v) is 7.98. The van der Waals surface area contributed by atoms with E-state index in [1.165, 1.54) is 0 Å². The number of esters is 1. The van der Waals surface area contributed by atoms with Gasteiger partial charge in [0.2, 0.25) is 5.91 Å². The summed E-state index contributed by atoms with van der Waals surface area (Å²) >= 11 is 5.22. The van der Waals surface area contributed by atoms with Gasteiger partial charge < -0.3 is 10.1 Å². The van der Waals surface area contributed by atoms with Crippen molar-refractivity contribution in [3.05, 3.63) is 11.1 Å². The zero-order valence-electron chi connectivity index (χ0n) is 7.22.